The SMILES string of the molecule is CCCc1ccc(-c2c(C(OC(C)C)C(=O)O)c(C)nc3ccc(Cl)cc23)cc1F. The highest BCUT2D eigenvalue weighted by Crippen LogP contribution is 2.39. The third-order valence-electron chi connectivity index (χ3n) is 4.93. The van der Waals surface area contributed by atoms with Gasteiger partial charge in [0, 0.05) is 21.7 Å². The molecule has 0 fully saturated rings. The smallest absolute Gasteiger partial charge is 0.337 e. The van der Waals surface area contributed by atoms with Gasteiger partial charge in [-0.3, -0.25) is 4.98 Å². The standard InChI is InChI=1S/C24H25ClFNO3/c1-5-6-15-7-8-16(11-19(15)26)22-18-12-17(25)9-10-20(18)27-14(4)21(22)23(24(28)29)30-13(2)3/h7-13,23H,5-6H2,1-4H3,(H,28,29). The fraction of sp³-hybridized carbons (Fsp3) is 0.333. The highest BCUT2D eigenvalue weighted by atomic mass is 35.5. The highest BCUT2D eigenvalue weighted by Gasteiger charge is 2.29. The Hall–Kier alpha value is -2.50. The second-order valence-corrected chi connectivity index (χ2v) is 8.04. The zero-order chi connectivity index (χ0) is 22.0. The Morgan fingerprint density at radius 2 is 1.97 bits per heavy atom. The Bertz CT molecular complexity index is 1100. The van der Waals surface area contributed by atoms with Gasteiger partial charge in [0.1, 0.15) is 5.82 Å². The van der Waals surface area contributed by atoms with Crippen LogP contribution in [0.4, 0.5) is 4.39 Å². The van der Waals surface area contributed by atoms with E-state index in [0.29, 0.717) is 50.3 Å². The number of nitrogens with zero attached hydrogens (tertiary/aromatic N) is 1. The van der Waals surface area contributed by atoms with Gasteiger partial charge in [0.25, 0.3) is 0 Å². The molecule has 6 heteroatoms. The Labute approximate surface area is 180 Å². The molecule has 0 radical (unpaired) electrons. The molecule has 1 atom stereocenters. The fourth-order valence-corrected chi connectivity index (χ4v) is 3.87. The van der Waals surface area contributed by atoms with Gasteiger partial charge in [0.05, 0.1) is 11.6 Å². The van der Waals surface area contributed by atoms with Gasteiger partial charge in [-0.05, 0) is 68.1 Å². The molecule has 0 aliphatic rings. The molecule has 1 heterocycles. The summed E-state index contributed by atoms with van der Waals surface area (Å²) < 4.78 is 20.6. The number of benzene rings is 2. The van der Waals surface area contributed by atoms with Crippen LogP contribution < -0.4 is 0 Å². The second kappa shape index (κ2) is 9.11. The predicted molar refractivity (Wildman–Crippen MR) is 117 cm³/mol. The Morgan fingerprint density at radius 3 is 2.57 bits per heavy atom. The molecule has 2 aromatic carbocycles. The molecular formula is C24H25ClFNO3. The Balaban J connectivity index is 2.38. The molecule has 0 spiro atoms. The number of carboxylic acids is 1. The number of aryl methyl sites for hydroxylation is 2. The minimum Gasteiger partial charge on any atom is -0.479 e. The van der Waals surface area contributed by atoms with Crippen LogP contribution in [0.1, 0.15) is 50.1 Å². The van der Waals surface area contributed by atoms with Crippen LogP contribution in [0.5, 0.6) is 0 Å². The average molecular weight is 430 g/mol. The third kappa shape index (κ3) is 4.47. The minimum atomic E-state index is -1.24. The lowest BCUT2D eigenvalue weighted by Gasteiger charge is -2.23. The monoisotopic (exact) mass is 429 g/mol. The van der Waals surface area contributed by atoms with Crippen molar-refractivity contribution in [2.24, 2.45) is 0 Å². The van der Waals surface area contributed by atoms with Crippen molar-refractivity contribution in [3.63, 3.8) is 0 Å². The summed E-state index contributed by atoms with van der Waals surface area (Å²) in [6, 6.07) is 10.3. The molecule has 4 nitrogen and oxygen atoms in total. The number of aliphatic carboxylic acids is 1. The molecule has 0 aliphatic carbocycles. The first-order valence-electron chi connectivity index (χ1n) is 9.99. The van der Waals surface area contributed by atoms with E-state index in [4.69, 9.17) is 16.3 Å². The van der Waals surface area contributed by atoms with Gasteiger partial charge in [0.2, 0.25) is 0 Å². The molecular weight excluding hydrogens is 405 g/mol. The number of ether oxygens (including phenoxy) is 1. The predicted octanol–water partition coefficient (Wildman–Crippen LogP) is 6.51. The van der Waals surface area contributed by atoms with Crippen LogP contribution >= 0.6 is 11.6 Å². The van der Waals surface area contributed by atoms with Crippen molar-refractivity contribution in [1.29, 1.82) is 0 Å². The molecule has 3 rings (SSSR count). The van der Waals surface area contributed by atoms with Crippen LogP contribution in [0.3, 0.4) is 0 Å². The van der Waals surface area contributed by atoms with Crippen LogP contribution in [0, 0.1) is 12.7 Å². The van der Waals surface area contributed by atoms with Crippen molar-refractivity contribution < 1.29 is 19.0 Å². The first-order chi connectivity index (χ1) is 14.2. The van der Waals surface area contributed by atoms with Crippen LogP contribution in [-0.2, 0) is 16.0 Å². The van der Waals surface area contributed by atoms with Gasteiger partial charge >= 0.3 is 5.97 Å². The largest absolute Gasteiger partial charge is 0.479 e. The Morgan fingerprint density at radius 1 is 1.23 bits per heavy atom. The van der Waals surface area contributed by atoms with Gasteiger partial charge in [-0.1, -0.05) is 37.1 Å². The molecule has 1 N–H and O–H groups in total. The highest BCUT2D eigenvalue weighted by molar-refractivity contribution is 6.31. The second-order valence-electron chi connectivity index (χ2n) is 7.61. The summed E-state index contributed by atoms with van der Waals surface area (Å²) in [6.45, 7) is 7.28. The van der Waals surface area contributed by atoms with E-state index in [2.05, 4.69) is 4.98 Å². The third-order valence-corrected chi connectivity index (χ3v) is 5.17. The van der Waals surface area contributed by atoms with Gasteiger partial charge in [-0.25, -0.2) is 9.18 Å². The molecule has 0 saturated carbocycles. The van der Waals surface area contributed by atoms with E-state index in [1.54, 1.807) is 45.0 Å². The summed E-state index contributed by atoms with van der Waals surface area (Å²) in [5.41, 5.74) is 3.36. The van der Waals surface area contributed by atoms with Gasteiger partial charge in [-0.2, -0.15) is 0 Å². The summed E-state index contributed by atoms with van der Waals surface area (Å²) in [7, 11) is 0. The van der Waals surface area contributed by atoms with E-state index in [9.17, 15) is 14.3 Å². The molecule has 158 valence electrons. The molecule has 0 bridgehead atoms. The number of rotatable bonds is 7. The number of pyridine rings is 1. The number of aromatic nitrogens is 1. The van der Waals surface area contributed by atoms with Gasteiger partial charge < -0.3 is 9.84 Å². The van der Waals surface area contributed by atoms with Crippen LogP contribution in [-0.4, -0.2) is 22.2 Å². The van der Waals surface area contributed by atoms with Gasteiger partial charge in [0.15, 0.2) is 6.10 Å². The average Bonchev–Trinajstić information content (AvgIpc) is 2.67. The van der Waals surface area contributed by atoms with E-state index >= 15 is 0 Å². The molecule has 3 aromatic rings. The summed E-state index contributed by atoms with van der Waals surface area (Å²) in [4.78, 5) is 16.7. The molecule has 30 heavy (non-hydrogen) atoms. The van der Waals surface area contributed by atoms with Crippen LogP contribution in [0.15, 0.2) is 36.4 Å². The van der Waals surface area contributed by atoms with Crippen molar-refractivity contribution in [3.05, 3.63) is 64.1 Å². The summed E-state index contributed by atoms with van der Waals surface area (Å²) >= 11 is 6.25. The normalized spacial score (nSPS) is 12.5. The zero-order valence-corrected chi connectivity index (χ0v) is 18.3. The van der Waals surface area contributed by atoms with Crippen molar-refractivity contribution in [3.8, 4) is 11.1 Å². The van der Waals surface area contributed by atoms with E-state index < -0.39 is 12.1 Å². The number of hydrogen-bond donors (Lipinski definition) is 1. The number of carboxylic acid groups (broad SMARTS) is 1. The summed E-state index contributed by atoms with van der Waals surface area (Å²) in [6.07, 6.45) is -0.0984. The quantitative estimate of drug-likeness (QED) is 0.465. The first kappa shape index (κ1) is 22.2. The van der Waals surface area contributed by atoms with Gasteiger partial charge in [-0.15, -0.1) is 0 Å². The minimum absolute atomic E-state index is 0.318. The molecule has 1 unspecified atom stereocenters. The maximum absolute atomic E-state index is 14.8. The Kier molecular flexibility index (Phi) is 6.74. The van der Waals surface area contributed by atoms with E-state index in [1.165, 1.54) is 6.07 Å². The van der Waals surface area contributed by atoms with E-state index in [0.717, 1.165) is 6.42 Å². The maximum atomic E-state index is 14.8. The number of fused-ring (bicyclic) bond motifs is 1. The lowest BCUT2D eigenvalue weighted by molar-refractivity contribution is -0.153. The van der Waals surface area contributed by atoms with Crippen molar-refractivity contribution in [1.82, 2.24) is 4.98 Å². The van der Waals surface area contributed by atoms with Crippen LogP contribution in [0.25, 0.3) is 22.0 Å². The fourth-order valence-electron chi connectivity index (χ4n) is 3.70. The zero-order valence-electron chi connectivity index (χ0n) is 17.5. The molecule has 1 aromatic heterocycles. The van der Waals surface area contributed by atoms with E-state index in [-0.39, 0.29) is 11.9 Å². The molecule has 0 saturated heterocycles. The van der Waals surface area contributed by atoms with Crippen LogP contribution in [0.2, 0.25) is 5.02 Å². The number of carbonyl (C=O) groups is 1. The lowest BCUT2D eigenvalue weighted by Crippen LogP contribution is -2.21. The molecule has 0 aliphatic heterocycles. The lowest BCUT2D eigenvalue weighted by atomic mass is 9.90. The number of halogens is 2. The summed E-state index contributed by atoms with van der Waals surface area (Å²) in [5.74, 6) is -1.44. The van der Waals surface area contributed by atoms with E-state index in [1.807, 2.05) is 13.0 Å². The van der Waals surface area contributed by atoms with Crippen molar-refractivity contribution in [2.75, 3.05) is 0 Å². The number of hydrogen-bond acceptors (Lipinski definition) is 3. The van der Waals surface area contributed by atoms with Crippen molar-refractivity contribution >= 4 is 28.5 Å². The van der Waals surface area contributed by atoms with Crippen molar-refractivity contribution in [2.45, 2.75) is 52.7 Å². The molecule has 0 amide bonds. The summed E-state index contributed by atoms with van der Waals surface area (Å²) in [5, 5.41) is 11.1. The first-order valence-corrected chi connectivity index (χ1v) is 10.4. The maximum Gasteiger partial charge on any atom is 0.337 e. The topological polar surface area (TPSA) is 59.4 Å².